The highest BCUT2D eigenvalue weighted by Gasteiger charge is 2.30. The summed E-state index contributed by atoms with van der Waals surface area (Å²) in [6.07, 6.45) is -2.16. The predicted molar refractivity (Wildman–Crippen MR) is 65.5 cm³/mol. The van der Waals surface area contributed by atoms with Crippen LogP contribution in [0.3, 0.4) is 0 Å². The average molecular weight is 302 g/mol. The second-order valence-electron chi connectivity index (χ2n) is 3.98. The van der Waals surface area contributed by atoms with E-state index in [9.17, 15) is 21.6 Å². The Morgan fingerprint density at radius 1 is 1.00 bits per heavy atom. The van der Waals surface area contributed by atoms with E-state index < -0.39 is 21.6 Å². The molecule has 2 N–H and O–H groups in total. The van der Waals surface area contributed by atoms with Crippen molar-refractivity contribution in [2.24, 2.45) is 0 Å². The summed E-state index contributed by atoms with van der Waals surface area (Å²) in [5.74, 6) is 0. The minimum absolute atomic E-state index is 0.151. The Kier molecular flexibility index (Phi) is 3.43. The van der Waals surface area contributed by atoms with Crippen LogP contribution in [0, 0.1) is 0 Å². The summed E-state index contributed by atoms with van der Waals surface area (Å²) < 4.78 is 61.6. The Morgan fingerprint density at radius 3 is 2.10 bits per heavy atom. The van der Waals surface area contributed by atoms with Gasteiger partial charge in [0.15, 0.2) is 0 Å². The fourth-order valence-electron chi connectivity index (χ4n) is 1.54. The van der Waals surface area contributed by atoms with Crippen molar-refractivity contribution in [3.63, 3.8) is 0 Å². The van der Waals surface area contributed by atoms with Crippen molar-refractivity contribution < 1.29 is 21.6 Å². The van der Waals surface area contributed by atoms with Gasteiger partial charge in [-0.15, -0.1) is 0 Å². The molecule has 0 aliphatic carbocycles. The van der Waals surface area contributed by atoms with Crippen LogP contribution in [-0.2, 0) is 16.0 Å². The molecule has 0 unspecified atom stereocenters. The van der Waals surface area contributed by atoms with E-state index in [2.05, 4.69) is 4.98 Å². The van der Waals surface area contributed by atoms with Crippen molar-refractivity contribution in [2.75, 3.05) is 5.73 Å². The van der Waals surface area contributed by atoms with Crippen LogP contribution in [0.1, 0.15) is 5.56 Å². The van der Waals surface area contributed by atoms with Gasteiger partial charge < -0.3 is 5.73 Å². The maximum absolute atomic E-state index is 12.4. The molecule has 0 saturated heterocycles. The minimum atomic E-state index is -4.51. The molecule has 1 heterocycles. The SMILES string of the molecule is Nc1cncc(S(=O)(=O)c2ccc(C(F)(F)F)cc2)c1. The van der Waals surface area contributed by atoms with E-state index in [1.165, 1.54) is 12.3 Å². The van der Waals surface area contributed by atoms with Gasteiger partial charge in [0.05, 0.1) is 21.0 Å². The number of aromatic nitrogens is 1. The summed E-state index contributed by atoms with van der Waals surface area (Å²) in [6.45, 7) is 0. The third-order valence-electron chi connectivity index (χ3n) is 2.54. The van der Waals surface area contributed by atoms with Crippen LogP contribution in [0.2, 0.25) is 0 Å². The van der Waals surface area contributed by atoms with E-state index in [1.54, 1.807) is 0 Å². The number of alkyl halides is 3. The molecule has 0 radical (unpaired) electrons. The molecular weight excluding hydrogens is 293 g/mol. The molecule has 2 aromatic rings. The second kappa shape index (κ2) is 4.78. The zero-order valence-electron chi connectivity index (χ0n) is 9.92. The Balaban J connectivity index is 2.45. The van der Waals surface area contributed by atoms with E-state index in [0.717, 1.165) is 18.3 Å². The number of rotatable bonds is 2. The molecule has 0 saturated carbocycles. The van der Waals surface area contributed by atoms with Crippen molar-refractivity contribution in [3.8, 4) is 0 Å². The first-order valence-corrected chi connectivity index (χ1v) is 6.82. The third kappa shape index (κ3) is 2.74. The summed E-state index contributed by atoms with van der Waals surface area (Å²) in [6, 6.07) is 4.43. The molecule has 1 aromatic carbocycles. The van der Waals surface area contributed by atoms with E-state index in [-0.39, 0.29) is 15.5 Å². The summed E-state index contributed by atoms with van der Waals surface area (Å²) in [4.78, 5) is 3.23. The van der Waals surface area contributed by atoms with Crippen molar-refractivity contribution in [2.45, 2.75) is 16.0 Å². The average Bonchev–Trinajstić information content (AvgIpc) is 2.38. The van der Waals surface area contributed by atoms with Gasteiger partial charge in [-0.3, -0.25) is 4.98 Å². The fourth-order valence-corrected chi connectivity index (χ4v) is 2.80. The first-order chi connectivity index (χ1) is 9.21. The number of sulfone groups is 1. The molecule has 0 atom stereocenters. The number of anilines is 1. The summed E-state index contributed by atoms with van der Waals surface area (Å²) in [5, 5.41) is 0. The Morgan fingerprint density at radius 2 is 1.60 bits per heavy atom. The second-order valence-corrected chi connectivity index (χ2v) is 5.93. The lowest BCUT2D eigenvalue weighted by Gasteiger charge is -2.08. The number of halogens is 3. The van der Waals surface area contributed by atoms with Crippen LogP contribution in [0.25, 0.3) is 0 Å². The lowest BCUT2D eigenvalue weighted by Crippen LogP contribution is -2.07. The third-order valence-corrected chi connectivity index (χ3v) is 4.27. The molecule has 0 aliphatic heterocycles. The molecule has 0 aliphatic rings. The molecule has 106 valence electrons. The monoisotopic (exact) mass is 302 g/mol. The highest BCUT2D eigenvalue weighted by molar-refractivity contribution is 7.91. The summed E-state index contributed by atoms with van der Waals surface area (Å²) in [7, 11) is -3.93. The molecule has 0 bridgehead atoms. The number of pyridine rings is 1. The van der Waals surface area contributed by atoms with E-state index in [1.807, 2.05) is 0 Å². The molecule has 1 aromatic heterocycles. The molecule has 4 nitrogen and oxygen atoms in total. The van der Waals surface area contributed by atoms with E-state index >= 15 is 0 Å². The minimum Gasteiger partial charge on any atom is -0.397 e. The molecular formula is C12H9F3N2O2S. The van der Waals surface area contributed by atoms with Crippen LogP contribution < -0.4 is 5.73 Å². The normalized spacial score (nSPS) is 12.3. The molecule has 2 rings (SSSR count). The highest BCUT2D eigenvalue weighted by atomic mass is 32.2. The number of hydrogen-bond acceptors (Lipinski definition) is 4. The number of nitrogens with two attached hydrogens (primary N) is 1. The molecule has 0 fully saturated rings. The van der Waals surface area contributed by atoms with Gasteiger partial charge in [0.25, 0.3) is 0 Å². The van der Waals surface area contributed by atoms with Crippen LogP contribution in [0.15, 0.2) is 52.5 Å². The Bertz CT molecular complexity index is 725. The maximum Gasteiger partial charge on any atom is 0.416 e. The number of nitrogen functional groups attached to an aromatic ring is 1. The maximum atomic E-state index is 12.4. The lowest BCUT2D eigenvalue weighted by atomic mass is 10.2. The van der Waals surface area contributed by atoms with Crippen LogP contribution in [0.4, 0.5) is 18.9 Å². The highest BCUT2D eigenvalue weighted by Crippen LogP contribution is 2.30. The summed E-state index contributed by atoms with van der Waals surface area (Å²) in [5.41, 5.74) is 4.68. The first kappa shape index (κ1) is 14.3. The van der Waals surface area contributed by atoms with Gasteiger partial charge in [0.2, 0.25) is 9.84 Å². The predicted octanol–water partition coefficient (Wildman–Crippen LogP) is 2.52. The topological polar surface area (TPSA) is 73.0 Å². The summed E-state index contributed by atoms with van der Waals surface area (Å²) >= 11 is 0. The molecule has 8 heteroatoms. The Labute approximate surface area is 113 Å². The van der Waals surface area contributed by atoms with Gasteiger partial charge in [-0.1, -0.05) is 0 Å². The van der Waals surface area contributed by atoms with Gasteiger partial charge in [0, 0.05) is 12.4 Å². The smallest absolute Gasteiger partial charge is 0.397 e. The largest absolute Gasteiger partial charge is 0.416 e. The van der Waals surface area contributed by atoms with Gasteiger partial charge in [-0.2, -0.15) is 13.2 Å². The van der Waals surface area contributed by atoms with Crippen molar-refractivity contribution in [1.82, 2.24) is 4.98 Å². The fraction of sp³-hybridized carbons (Fsp3) is 0.0833. The van der Waals surface area contributed by atoms with Gasteiger partial charge in [0.1, 0.15) is 0 Å². The Hall–Kier alpha value is -2.09. The van der Waals surface area contributed by atoms with Gasteiger partial charge in [-0.25, -0.2) is 8.42 Å². The van der Waals surface area contributed by atoms with Crippen LogP contribution in [0.5, 0.6) is 0 Å². The van der Waals surface area contributed by atoms with Gasteiger partial charge in [-0.05, 0) is 30.3 Å². The van der Waals surface area contributed by atoms with Crippen molar-refractivity contribution in [1.29, 1.82) is 0 Å². The molecule has 0 spiro atoms. The van der Waals surface area contributed by atoms with Crippen LogP contribution >= 0.6 is 0 Å². The molecule has 20 heavy (non-hydrogen) atoms. The number of hydrogen-bond donors (Lipinski definition) is 1. The van der Waals surface area contributed by atoms with Gasteiger partial charge >= 0.3 is 6.18 Å². The van der Waals surface area contributed by atoms with Crippen molar-refractivity contribution in [3.05, 3.63) is 48.3 Å². The van der Waals surface area contributed by atoms with E-state index in [4.69, 9.17) is 5.73 Å². The lowest BCUT2D eigenvalue weighted by molar-refractivity contribution is -0.137. The standard InChI is InChI=1S/C12H9F3N2O2S/c13-12(14,15)8-1-3-10(4-2-8)20(18,19)11-5-9(16)6-17-7-11/h1-7H,16H2. The molecule has 0 amide bonds. The number of nitrogens with zero attached hydrogens (tertiary/aromatic N) is 1. The zero-order chi connectivity index (χ0) is 15.0. The number of benzene rings is 1. The quantitative estimate of drug-likeness (QED) is 0.925. The van der Waals surface area contributed by atoms with E-state index in [0.29, 0.717) is 12.1 Å². The zero-order valence-corrected chi connectivity index (χ0v) is 10.7. The van der Waals surface area contributed by atoms with Crippen molar-refractivity contribution >= 4 is 15.5 Å². The van der Waals surface area contributed by atoms with Crippen LogP contribution in [-0.4, -0.2) is 13.4 Å². The first-order valence-electron chi connectivity index (χ1n) is 5.34.